The first-order valence-corrected chi connectivity index (χ1v) is 13.3. The lowest BCUT2D eigenvalue weighted by molar-refractivity contribution is -0.122. The summed E-state index contributed by atoms with van der Waals surface area (Å²) in [6, 6.07) is 3.16. The monoisotopic (exact) mass is 551 g/mol. The summed E-state index contributed by atoms with van der Waals surface area (Å²) in [5.74, 6) is 0.562. The van der Waals surface area contributed by atoms with Gasteiger partial charge in [-0.05, 0) is 50.7 Å². The molecule has 192 valence electrons. The summed E-state index contributed by atoms with van der Waals surface area (Å²) in [5.41, 5.74) is 7.29. The van der Waals surface area contributed by atoms with Gasteiger partial charge < -0.3 is 21.5 Å². The molecule has 3 aromatic rings. The zero-order valence-electron chi connectivity index (χ0n) is 19.6. The van der Waals surface area contributed by atoms with Gasteiger partial charge in [-0.3, -0.25) is 9.36 Å². The second kappa shape index (κ2) is 10.6. The van der Waals surface area contributed by atoms with Gasteiger partial charge in [-0.15, -0.1) is 0 Å². The predicted octanol–water partition coefficient (Wildman–Crippen LogP) is 5.46. The number of amides is 1. The van der Waals surface area contributed by atoms with Crippen LogP contribution in [-0.4, -0.2) is 42.7 Å². The number of nitrogens with two attached hydrogens (primary N) is 1. The van der Waals surface area contributed by atoms with Crippen LogP contribution < -0.4 is 16.4 Å². The summed E-state index contributed by atoms with van der Waals surface area (Å²) >= 11 is 19.0. The first-order chi connectivity index (χ1) is 17.3. The topological polar surface area (TPSA) is 131 Å². The number of anilines is 3. The molecule has 2 saturated carbocycles. The zero-order chi connectivity index (χ0) is 25.4. The zero-order valence-corrected chi connectivity index (χ0v) is 21.8. The van der Waals surface area contributed by atoms with Gasteiger partial charge in [-0.25, -0.2) is 9.97 Å². The molecular formula is C24H28Cl3N7O2. The van der Waals surface area contributed by atoms with Crippen molar-refractivity contribution in [2.24, 2.45) is 11.7 Å². The highest BCUT2D eigenvalue weighted by atomic mass is 35.5. The fourth-order valence-electron chi connectivity index (χ4n) is 5.23. The smallest absolute Gasteiger partial charge is 0.225 e. The standard InChI is InChI=1S/C24H28Cl3N7O2/c25-13-9-15(26)20(16(27)10-13)32-24-31-18-11-29-23(30-17-3-1-2-4-19(17)35)33-22(18)34(24)14-7-5-12(6-8-14)21(28)36/h9-12,14,17,19,35H,1-8H2,(H2,28,36)(H,31,32)(H,29,30,33)/t12-,14+,17-,19?/m1/s1. The molecule has 5 N–H and O–H groups in total. The van der Waals surface area contributed by atoms with Gasteiger partial charge in [-0.1, -0.05) is 47.6 Å². The normalized spacial score (nSPS) is 24.6. The van der Waals surface area contributed by atoms with Crippen molar-refractivity contribution in [3.63, 3.8) is 0 Å². The van der Waals surface area contributed by atoms with Crippen LogP contribution in [0.4, 0.5) is 17.6 Å². The molecule has 0 radical (unpaired) electrons. The number of aliphatic hydroxyl groups is 1. The fraction of sp³-hybridized carbons (Fsp3) is 0.500. The number of carbonyl (C=O) groups excluding carboxylic acids is 1. The van der Waals surface area contributed by atoms with E-state index in [-0.39, 0.29) is 23.9 Å². The average molecular weight is 553 g/mol. The van der Waals surface area contributed by atoms with Crippen LogP contribution in [0.15, 0.2) is 18.3 Å². The molecule has 2 atom stereocenters. The van der Waals surface area contributed by atoms with Crippen LogP contribution >= 0.6 is 34.8 Å². The fourth-order valence-corrected chi connectivity index (χ4v) is 6.14. The minimum absolute atomic E-state index is 0.0287. The lowest BCUT2D eigenvalue weighted by Gasteiger charge is -2.29. The number of rotatable bonds is 6. The van der Waals surface area contributed by atoms with Crippen LogP contribution in [0, 0.1) is 5.92 Å². The Morgan fingerprint density at radius 3 is 2.39 bits per heavy atom. The highest BCUT2D eigenvalue weighted by molar-refractivity contribution is 6.41. The summed E-state index contributed by atoms with van der Waals surface area (Å²) in [6.07, 6.45) is 7.78. The van der Waals surface area contributed by atoms with Crippen molar-refractivity contribution in [3.05, 3.63) is 33.4 Å². The van der Waals surface area contributed by atoms with Crippen LogP contribution in [0.2, 0.25) is 15.1 Å². The predicted molar refractivity (Wildman–Crippen MR) is 142 cm³/mol. The average Bonchev–Trinajstić information content (AvgIpc) is 3.20. The Balaban J connectivity index is 1.53. The van der Waals surface area contributed by atoms with Crippen molar-refractivity contribution < 1.29 is 9.90 Å². The van der Waals surface area contributed by atoms with Crippen molar-refractivity contribution in [3.8, 4) is 0 Å². The molecule has 2 aliphatic carbocycles. The highest BCUT2D eigenvalue weighted by Gasteiger charge is 2.30. The van der Waals surface area contributed by atoms with Crippen molar-refractivity contribution in [1.82, 2.24) is 19.5 Å². The van der Waals surface area contributed by atoms with Crippen molar-refractivity contribution in [1.29, 1.82) is 0 Å². The maximum atomic E-state index is 11.7. The Morgan fingerprint density at radius 2 is 1.72 bits per heavy atom. The van der Waals surface area contributed by atoms with Gasteiger partial charge in [0.2, 0.25) is 17.8 Å². The number of aliphatic hydroxyl groups excluding tert-OH is 1. The molecule has 1 amide bonds. The van der Waals surface area contributed by atoms with Crippen LogP contribution in [0.5, 0.6) is 0 Å². The van der Waals surface area contributed by atoms with Gasteiger partial charge in [-0.2, -0.15) is 4.98 Å². The molecule has 2 aliphatic rings. The number of imidazole rings is 1. The number of halogens is 3. The summed E-state index contributed by atoms with van der Waals surface area (Å²) in [6.45, 7) is 0. The van der Waals surface area contributed by atoms with E-state index < -0.39 is 6.10 Å². The van der Waals surface area contributed by atoms with Gasteiger partial charge in [0, 0.05) is 17.0 Å². The number of primary amides is 1. The van der Waals surface area contributed by atoms with Crippen molar-refractivity contribution >= 4 is 69.5 Å². The van der Waals surface area contributed by atoms with Gasteiger partial charge in [0.25, 0.3) is 0 Å². The van der Waals surface area contributed by atoms with Gasteiger partial charge in [0.1, 0.15) is 5.52 Å². The lowest BCUT2D eigenvalue weighted by atomic mass is 9.85. The lowest BCUT2D eigenvalue weighted by Crippen LogP contribution is -2.36. The van der Waals surface area contributed by atoms with E-state index >= 15 is 0 Å². The van der Waals surface area contributed by atoms with Gasteiger partial charge in [0.15, 0.2) is 5.65 Å². The minimum Gasteiger partial charge on any atom is -0.391 e. The Bertz CT molecular complexity index is 1250. The van der Waals surface area contributed by atoms with Crippen LogP contribution in [-0.2, 0) is 4.79 Å². The van der Waals surface area contributed by atoms with E-state index in [1.807, 2.05) is 4.57 Å². The second-order valence-corrected chi connectivity index (χ2v) is 10.8. The number of nitrogens with zero attached hydrogens (tertiary/aromatic N) is 4. The number of hydrogen-bond acceptors (Lipinski definition) is 7. The molecule has 12 heteroatoms. The van der Waals surface area contributed by atoms with E-state index in [0.29, 0.717) is 56.7 Å². The Morgan fingerprint density at radius 1 is 1.03 bits per heavy atom. The Labute approximate surface area is 223 Å². The molecule has 1 aromatic carbocycles. The molecular weight excluding hydrogens is 525 g/mol. The Hall–Kier alpha value is -2.33. The maximum Gasteiger partial charge on any atom is 0.225 e. The third-order valence-electron chi connectivity index (χ3n) is 7.18. The summed E-state index contributed by atoms with van der Waals surface area (Å²) in [5, 5.41) is 18.1. The molecule has 0 spiro atoms. The van der Waals surface area contributed by atoms with Crippen LogP contribution in [0.25, 0.3) is 11.2 Å². The number of aromatic nitrogens is 4. The molecule has 5 rings (SSSR count). The summed E-state index contributed by atoms with van der Waals surface area (Å²) in [7, 11) is 0. The molecule has 1 unspecified atom stereocenters. The van der Waals surface area contributed by atoms with E-state index in [1.54, 1.807) is 18.3 Å². The van der Waals surface area contributed by atoms with Gasteiger partial charge in [0.05, 0.1) is 34.1 Å². The molecule has 2 fully saturated rings. The molecule has 36 heavy (non-hydrogen) atoms. The van der Waals surface area contributed by atoms with E-state index in [2.05, 4.69) is 15.6 Å². The minimum atomic E-state index is -0.432. The number of fused-ring (bicyclic) bond motifs is 1. The van der Waals surface area contributed by atoms with Crippen LogP contribution in [0.1, 0.15) is 57.4 Å². The largest absolute Gasteiger partial charge is 0.391 e. The molecule has 2 heterocycles. The molecule has 0 bridgehead atoms. The summed E-state index contributed by atoms with van der Waals surface area (Å²) < 4.78 is 2.03. The maximum absolute atomic E-state index is 11.7. The van der Waals surface area contributed by atoms with Crippen LogP contribution in [0.3, 0.4) is 0 Å². The SMILES string of the molecule is NC(=O)[C@H]1CC[C@@H](n2c(Nc3c(Cl)cc(Cl)cc3Cl)nc3cnc(N[C@@H]4CCCCC4O)nc32)CC1. The van der Waals surface area contributed by atoms with Crippen molar-refractivity contribution in [2.75, 3.05) is 10.6 Å². The third-order valence-corrected chi connectivity index (χ3v) is 8.00. The summed E-state index contributed by atoms with van der Waals surface area (Å²) in [4.78, 5) is 25.7. The molecule has 0 saturated heterocycles. The number of carbonyl (C=O) groups is 1. The van der Waals surface area contributed by atoms with Gasteiger partial charge >= 0.3 is 0 Å². The van der Waals surface area contributed by atoms with E-state index in [0.717, 1.165) is 38.5 Å². The molecule has 9 nitrogen and oxygen atoms in total. The van der Waals surface area contributed by atoms with E-state index in [1.165, 1.54) is 0 Å². The highest BCUT2D eigenvalue weighted by Crippen LogP contribution is 2.40. The van der Waals surface area contributed by atoms with Crippen molar-refractivity contribution in [2.45, 2.75) is 69.6 Å². The number of hydrogen-bond donors (Lipinski definition) is 4. The number of nitrogens with one attached hydrogen (secondary N) is 2. The third kappa shape index (κ3) is 5.20. The van der Waals surface area contributed by atoms with E-state index in [4.69, 9.17) is 50.5 Å². The first kappa shape index (κ1) is 25.3. The molecule has 2 aromatic heterocycles. The quantitative estimate of drug-likeness (QED) is 0.319. The Kier molecular flexibility index (Phi) is 7.44. The number of benzene rings is 1. The molecule has 0 aliphatic heterocycles. The van der Waals surface area contributed by atoms with E-state index in [9.17, 15) is 9.90 Å². The second-order valence-electron chi connectivity index (χ2n) is 9.59. The first-order valence-electron chi connectivity index (χ1n) is 12.2.